The van der Waals surface area contributed by atoms with Crippen LogP contribution in [-0.2, 0) is 6.54 Å². The summed E-state index contributed by atoms with van der Waals surface area (Å²) in [6.45, 7) is 2.09. The normalized spacial score (nSPS) is 14.1. The standard InChI is InChI=1S/C17H15ClN4O2/c1-10-14(9-22-16(23)6-13(18)8-20-22)17(21-24-10)12-4-5-15(19-7-12)11-2-3-11/h4-8,11H,2-3,9H2,1H3. The molecule has 0 saturated heterocycles. The van der Waals surface area contributed by atoms with Crippen molar-refractivity contribution in [2.45, 2.75) is 32.2 Å². The van der Waals surface area contributed by atoms with Crippen LogP contribution in [0.15, 0.2) is 39.9 Å². The zero-order valence-electron chi connectivity index (χ0n) is 13.1. The van der Waals surface area contributed by atoms with Crippen molar-refractivity contribution in [3.63, 3.8) is 0 Å². The van der Waals surface area contributed by atoms with Crippen LogP contribution in [0.3, 0.4) is 0 Å². The van der Waals surface area contributed by atoms with E-state index in [0.717, 1.165) is 16.8 Å². The first-order chi connectivity index (χ1) is 11.6. The van der Waals surface area contributed by atoms with Crippen molar-refractivity contribution >= 4 is 11.6 Å². The van der Waals surface area contributed by atoms with Crippen molar-refractivity contribution in [2.75, 3.05) is 0 Å². The predicted molar refractivity (Wildman–Crippen MR) is 89.1 cm³/mol. The van der Waals surface area contributed by atoms with Crippen molar-refractivity contribution < 1.29 is 4.52 Å². The predicted octanol–water partition coefficient (Wildman–Crippen LogP) is 3.18. The first-order valence-electron chi connectivity index (χ1n) is 7.76. The van der Waals surface area contributed by atoms with Gasteiger partial charge in [-0.15, -0.1) is 0 Å². The molecule has 1 aliphatic carbocycles. The van der Waals surface area contributed by atoms with Gasteiger partial charge in [0.05, 0.1) is 17.8 Å². The smallest absolute Gasteiger partial charge is 0.268 e. The Morgan fingerprint density at radius 3 is 2.83 bits per heavy atom. The molecule has 0 N–H and O–H groups in total. The van der Waals surface area contributed by atoms with E-state index in [1.807, 2.05) is 25.3 Å². The van der Waals surface area contributed by atoms with Crippen molar-refractivity contribution in [1.29, 1.82) is 0 Å². The third-order valence-electron chi connectivity index (χ3n) is 4.18. The fourth-order valence-electron chi connectivity index (χ4n) is 2.65. The van der Waals surface area contributed by atoms with Crippen LogP contribution < -0.4 is 5.56 Å². The average Bonchev–Trinajstić information content (AvgIpc) is 3.36. The summed E-state index contributed by atoms with van der Waals surface area (Å²) in [6, 6.07) is 5.37. The van der Waals surface area contributed by atoms with Gasteiger partial charge in [-0.25, -0.2) is 4.68 Å². The highest BCUT2D eigenvalue weighted by Crippen LogP contribution is 2.39. The molecule has 3 aromatic rings. The maximum Gasteiger partial charge on any atom is 0.268 e. The molecule has 1 saturated carbocycles. The van der Waals surface area contributed by atoms with E-state index in [0.29, 0.717) is 22.4 Å². The summed E-state index contributed by atoms with van der Waals surface area (Å²) in [5.41, 5.74) is 3.22. The van der Waals surface area contributed by atoms with Gasteiger partial charge in [-0.2, -0.15) is 5.10 Å². The second-order valence-electron chi connectivity index (χ2n) is 5.98. The van der Waals surface area contributed by atoms with E-state index in [1.165, 1.54) is 29.8 Å². The van der Waals surface area contributed by atoms with Gasteiger partial charge >= 0.3 is 0 Å². The summed E-state index contributed by atoms with van der Waals surface area (Å²) < 4.78 is 6.66. The van der Waals surface area contributed by atoms with Crippen LogP contribution in [0, 0.1) is 6.92 Å². The molecule has 0 aliphatic heterocycles. The van der Waals surface area contributed by atoms with E-state index in [2.05, 4.69) is 15.2 Å². The molecule has 24 heavy (non-hydrogen) atoms. The SMILES string of the molecule is Cc1onc(-c2ccc(C3CC3)nc2)c1Cn1ncc(Cl)cc1=O. The number of halogens is 1. The molecule has 0 amide bonds. The van der Waals surface area contributed by atoms with Gasteiger partial charge in [0.15, 0.2) is 0 Å². The Bertz CT molecular complexity index is 942. The molecule has 6 nitrogen and oxygen atoms in total. The van der Waals surface area contributed by atoms with Gasteiger partial charge in [-0.3, -0.25) is 9.78 Å². The minimum absolute atomic E-state index is 0.267. The van der Waals surface area contributed by atoms with E-state index >= 15 is 0 Å². The van der Waals surface area contributed by atoms with E-state index in [-0.39, 0.29) is 12.1 Å². The monoisotopic (exact) mass is 342 g/mol. The van der Waals surface area contributed by atoms with Crippen molar-refractivity contribution in [3.05, 3.63) is 63.0 Å². The van der Waals surface area contributed by atoms with E-state index < -0.39 is 0 Å². The van der Waals surface area contributed by atoms with Crippen molar-refractivity contribution in [1.82, 2.24) is 19.9 Å². The Morgan fingerprint density at radius 1 is 1.33 bits per heavy atom. The maximum absolute atomic E-state index is 12.0. The fourth-order valence-corrected chi connectivity index (χ4v) is 2.79. The molecule has 0 aromatic carbocycles. The van der Waals surface area contributed by atoms with Gasteiger partial charge in [-0.05, 0) is 31.9 Å². The zero-order chi connectivity index (χ0) is 16.7. The minimum atomic E-state index is -0.267. The molecular formula is C17H15ClN4O2. The lowest BCUT2D eigenvalue weighted by Gasteiger charge is -2.06. The lowest BCUT2D eigenvalue weighted by atomic mass is 10.1. The number of rotatable bonds is 4. The van der Waals surface area contributed by atoms with Crippen LogP contribution in [-0.4, -0.2) is 19.9 Å². The zero-order valence-corrected chi connectivity index (χ0v) is 13.8. The molecule has 0 radical (unpaired) electrons. The molecule has 7 heteroatoms. The number of aryl methyl sites for hydroxylation is 1. The van der Waals surface area contributed by atoms with Crippen LogP contribution >= 0.6 is 11.6 Å². The van der Waals surface area contributed by atoms with Crippen LogP contribution in [0.1, 0.15) is 35.8 Å². The van der Waals surface area contributed by atoms with Gasteiger partial charge in [-0.1, -0.05) is 16.8 Å². The molecule has 122 valence electrons. The average molecular weight is 343 g/mol. The van der Waals surface area contributed by atoms with Crippen LogP contribution in [0.25, 0.3) is 11.3 Å². The first-order valence-corrected chi connectivity index (χ1v) is 8.14. The van der Waals surface area contributed by atoms with Gasteiger partial charge in [0.1, 0.15) is 11.5 Å². The molecule has 0 unspecified atom stereocenters. The molecule has 3 aromatic heterocycles. The van der Waals surface area contributed by atoms with Gasteiger partial charge in [0, 0.05) is 35.0 Å². The van der Waals surface area contributed by atoms with Gasteiger partial charge < -0.3 is 4.52 Å². The summed E-state index contributed by atoms with van der Waals surface area (Å²) in [6.07, 6.45) is 5.68. The van der Waals surface area contributed by atoms with Crippen LogP contribution in [0.4, 0.5) is 0 Å². The summed E-state index contributed by atoms with van der Waals surface area (Å²) in [4.78, 5) is 16.5. The number of aromatic nitrogens is 4. The van der Waals surface area contributed by atoms with Gasteiger partial charge in [0.2, 0.25) is 0 Å². The second kappa shape index (κ2) is 5.87. The Hall–Kier alpha value is -2.47. The Balaban J connectivity index is 1.68. The lowest BCUT2D eigenvalue weighted by molar-refractivity contribution is 0.397. The van der Waals surface area contributed by atoms with Crippen molar-refractivity contribution in [2.24, 2.45) is 0 Å². The molecular weight excluding hydrogens is 328 g/mol. The van der Waals surface area contributed by atoms with Crippen LogP contribution in [0.5, 0.6) is 0 Å². The Labute approximate surface area is 143 Å². The Morgan fingerprint density at radius 2 is 2.17 bits per heavy atom. The summed E-state index contributed by atoms with van der Waals surface area (Å²) in [5.74, 6) is 1.26. The number of nitrogens with zero attached hydrogens (tertiary/aromatic N) is 4. The maximum atomic E-state index is 12.0. The summed E-state index contributed by atoms with van der Waals surface area (Å²) >= 11 is 5.79. The van der Waals surface area contributed by atoms with Gasteiger partial charge in [0.25, 0.3) is 5.56 Å². The summed E-state index contributed by atoms with van der Waals surface area (Å²) in [7, 11) is 0. The lowest BCUT2D eigenvalue weighted by Crippen LogP contribution is -2.22. The van der Waals surface area contributed by atoms with E-state index in [9.17, 15) is 4.79 Å². The molecule has 0 atom stereocenters. The Kier molecular flexibility index (Phi) is 3.69. The fraction of sp³-hybridized carbons (Fsp3) is 0.294. The summed E-state index contributed by atoms with van der Waals surface area (Å²) in [5, 5.41) is 8.51. The number of pyridine rings is 1. The molecule has 4 rings (SSSR count). The topological polar surface area (TPSA) is 73.8 Å². The first kappa shape index (κ1) is 15.1. The molecule has 1 aliphatic rings. The van der Waals surface area contributed by atoms with Crippen LogP contribution in [0.2, 0.25) is 5.02 Å². The number of hydrogen-bond donors (Lipinski definition) is 0. The van der Waals surface area contributed by atoms with E-state index in [1.54, 1.807) is 0 Å². The minimum Gasteiger partial charge on any atom is -0.361 e. The quantitative estimate of drug-likeness (QED) is 0.728. The highest BCUT2D eigenvalue weighted by atomic mass is 35.5. The number of hydrogen-bond acceptors (Lipinski definition) is 5. The largest absolute Gasteiger partial charge is 0.361 e. The third kappa shape index (κ3) is 2.85. The van der Waals surface area contributed by atoms with E-state index in [4.69, 9.17) is 16.1 Å². The second-order valence-corrected chi connectivity index (χ2v) is 6.42. The highest BCUT2D eigenvalue weighted by molar-refractivity contribution is 6.30. The molecule has 3 heterocycles. The molecule has 0 spiro atoms. The molecule has 1 fully saturated rings. The third-order valence-corrected chi connectivity index (χ3v) is 4.39. The molecule has 0 bridgehead atoms. The highest BCUT2D eigenvalue weighted by Gasteiger charge is 2.25. The van der Waals surface area contributed by atoms with Crippen molar-refractivity contribution in [3.8, 4) is 11.3 Å².